The van der Waals surface area contributed by atoms with Gasteiger partial charge in [-0.25, -0.2) is 9.97 Å². The van der Waals surface area contributed by atoms with Gasteiger partial charge < -0.3 is 19.7 Å². The number of rotatable bonds is 9. The van der Waals surface area contributed by atoms with Crippen LogP contribution in [0.3, 0.4) is 0 Å². The van der Waals surface area contributed by atoms with Crippen molar-refractivity contribution >= 4 is 17.3 Å². The first-order valence-electron chi connectivity index (χ1n) is 13.3. The monoisotopic (exact) mass is 536 g/mol. The van der Waals surface area contributed by atoms with Crippen molar-refractivity contribution in [3.05, 3.63) is 90.3 Å². The van der Waals surface area contributed by atoms with Crippen LogP contribution in [0.4, 0.5) is 11.6 Å². The molecule has 0 unspecified atom stereocenters. The Morgan fingerprint density at radius 2 is 1.65 bits per heavy atom. The highest BCUT2D eigenvalue weighted by Crippen LogP contribution is 2.28. The Bertz CT molecular complexity index is 1570. The van der Waals surface area contributed by atoms with Crippen molar-refractivity contribution in [3.8, 4) is 23.0 Å². The van der Waals surface area contributed by atoms with Crippen LogP contribution in [0.15, 0.2) is 79.1 Å². The van der Waals surface area contributed by atoms with Gasteiger partial charge in [-0.3, -0.25) is 9.88 Å². The van der Waals surface area contributed by atoms with Gasteiger partial charge in [0.25, 0.3) is 0 Å². The standard InChI is InChI=1S/C30H32N8O2/c1-39-26-12-11-22(18-27(26)40-2)19-32-30-33-20-23(29-34-28(35-38(29)30)25-10-6-7-13-31-25)21-36-14-16-37(17-15-36)24-8-4-3-5-9-24/h3-13,18,20H,14-17,19,21H2,1-2H3,(H,32,33). The summed E-state index contributed by atoms with van der Waals surface area (Å²) in [6.07, 6.45) is 3.66. The zero-order valence-electron chi connectivity index (χ0n) is 22.7. The van der Waals surface area contributed by atoms with E-state index in [2.05, 4.69) is 50.4 Å². The van der Waals surface area contributed by atoms with Crippen LogP contribution in [0.2, 0.25) is 0 Å². The first kappa shape index (κ1) is 25.6. The molecule has 0 amide bonds. The highest BCUT2D eigenvalue weighted by atomic mass is 16.5. The number of ether oxygens (including phenoxy) is 2. The number of pyridine rings is 1. The van der Waals surface area contributed by atoms with E-state index in [9.17, 15) is 0 Å². The highest BCUT2D eigenvalue weighted by Gasteiger charge is 2.21. The van der Waals surface area contributed by atoms with Crippen molar-refractivity contribution < 1.29 is 9.47 Å². The average Bonchev–Trinajstić information content (AvgIpc) is 3.48. The van der Waals surface area contributed by atoms with Gasteiger partial charge in [0.05, 0.1) is 14.2 Å². The Hall–Kier alpha value is -4.70. The molecule has 5 aromatic rings. The zero-order chi connectivity index (χ0) is 27.3. The fourth-order valence-electron chi connectivity index (χ4n) is 4.97. The molecule has 2 aromatic carbocycles. The van der Waals surface area contributed by atoms with E-state index in [0.29, 0.717) is 29.8 Å². The molecule has 1 N–H and O–H groups in total. The van der Waals surface area contributed by atoms with Crippen LogP contribution < -0.4 is 19.7 Å². The summed E-state index contributed by atoms with van der Waals surface area (Å²) in [5, 5.41) is 8.23. The Morgan fingerprint density at radius 3 is 2.40 bits per heavy atom. The second-order valence-electron chi connectivity index (χ2n) is 9.63. The summed E-state index contributed by atoms with van der Waals surface area (Å²) in [7, 11) is 3.26. The molecule has 1 aliphatic rings. The third kappa shape index (κ3) is 5.39. The molecule has 4 heterocycles. The molecule has 1 saturated heterocycles. The van der Waals surface area contributed by atoms with Crippen molar-refractivity contribution in [3.63, 3.8) is 0 Å². The summed E-state index contributed by atoms with van der Waals surface area (Å²) < 4.78 is 12.6. The molecular formula is C30H32N8O2. The summed E-state index contributed by atoms with van der Waals surface area (Å²) in [6.45, 7) is 5.15. The van der Waals surface area contributed by atoms with Crippen molar-refractivity contribution in [2.45, 2.75) is 13.1 Å². The molecule has 6 rings (SSSR count). The molecule has 10 heteroatoms. The topological polar surface area (TPSA) is 92.9 Å². The van der Waals surface area contributed by atoms with Gasteiger partial charge in [0.2, 0.25) is 11.8 Å². The maximum Gasteiger partial charge on any atom is 0.226 e. The second-order valence-corrected chi connectivity index (χ2v) is 9.63. The lowest BCUT2D eigenvalue weighted by Crippen LogP contribution is -2.46. The molecule has 0 radical (unpaired) electrons. The highest BCUT2D eigenvalue weighted by molar-refractivity contribution is 5.59. The third-order valence-corrected chi connectivity index (χ3v) is 7.12. The molecule has 0 spiro atoms. The van der Waals surface area contributed by atoms with Crippen LogP contribution in [0.25, 0.3) is 17.2 Å². The summed E-state index contributed by atoms with van der Waals surface area (Å²) in [5.41, 5.74) is 4.82. The fraction of sp³-hybridized carbons (Fsp3) is 0.267. The molecule has 40 heavy (non-hydrogen) atoms. The number of hydrogen-bond donors (Lipinski definition) is 1. The predicted octanol–water partition coefficient (Wildman–Crippen LogP) is 4.14. The Labute approximate surface area is 233 Å². The first-order chi connectivity index (χ1) is 19.7. The van der Waals surface area contributed by atoms with E-state index in [1.165, 1.54) is 5.69 Å². The third-order valence-electron chi connectivity index (χ3n) is 7.12. The first-order valence-corrected chi connectivity index (χ1v) is 13.3. The van der Waals surface area contributed by atoms with Gasteiger partial charge in [-0.1, -0.05) is 30.3 Å². The van der Waals surface area contributed by atoms with Crippen molar-refractivity contribution in [1.82, 2.24) is 29.5 Å². The number of benzene rings is 2. The van der Waals surface area contributed by atoms with Gasteiger partial charge in [0.15, 0.2) is 17.1 Å². The number of methoxy groups -OCH3 is 2. The molecule has 204 valence electrons. The summed E-state index contributed by atoms with van der Waals surface area (Å²) in [4.78, 5) is 19.0. The van der Waals surface area contributed by atoms with E-state index in [4.69, 9.17) is 24.5 Å². The predicted molar refractivity (Wildman–Crippen MR) is 155 cm³/mol. The van der Waals surface area contributed by atoms with Gasteiger partial charge in [0.1, 0.15) is 5.69 Å². The van der Waals surface area contributed by atoms with Crippen LogP contribution in [0.1, 0.15) is 11.1 Å². The van der Waals surface area contributed by atoms with Gasteiger partial charge in [-0.15, -0.1) is 5.10 Å². The van der Waals surface area contributed by atoms with Crippen molar-refractivity contribution in [2.75, 3.05) is 50.6 Å². The fourth-order valence-corrected chi connectivity index (χ4v) is 4.97. The van der Waals surface area contributed by atoms with Crippen molar-refractivity contribution in [2.24, 2.45) is 0 Å². The molecule has 0 atom stereocenters. The van der Waals surface area contributed by atoms with Gasteiger partial charge in [0, 0.05) is 62.9 Å². The maximum atomic E-state index is 5.46. The minimum absolute atomic E-state index is 0.530. The normalized spacial score (nSPS) is 13.9. The van der Waals surface area contributed by atoms with E-state index in [0.717, 1.165) is 55.2 Å². The molecule has 1 fully saturated rings. The summed E-state index contributed by atoms with van der Waals surface area (Å²) >= 11 is 0. The van der Waals surface area contributed by atoms with Gasteiger partial charge in [-0.2, -0.15) is 4.52 Å². The lowest BCUT2D eigenvalue weighted by atomic mass is 10.2. The Morgan fingerprint density at radius 1 is 0.850 bits per heavy atom. The molecule has 10 nitrogen and oxygen atoms in total. The van der Waals surface area contributed by atoms with Crippen LogP contribution in [-0.2, 0) is 13.1 Å². The van der Waals surface area contributed by atoms with Crippen LogP contribution in [0.5, 0.6) is 11.5 Å². The molecule has 3 aromatic heterocycles. The quantitative estimate of drug-likeness (QED) is 0.298. The van der Waals surface area contributed by atoms with Crippen molar-refractivity contribution in [1.29, 1.82) is 0 Å². The lowest BCUT2D eigenvalue weighted by Gasteiger charge is -2.36. The van der Waals surface area contributed by atoms with Gasteiger partial charge in [-0.05, 0) is 42.0 Å². The minimum Gasteiger partial charge on any atom is -0.493 e. The largest absolute Gasteiger partial charge is 0.493 e. The number of aromatic nitrogens is 5. The van der Waals surface area contributed by atoms with Crippen LogP contribution >= 0.6 is 0 Å². The molecule has 1 aliphatic heterocycles. The van der Waals surface area contributed by atoms with E-state index in [1.54, 1.807) is 24.9 Å². The molecule has 0 saturated carbocycles. The summed E-state index contributed by atoms with van der Waals surface area (Å²) in [6, 6.07) is 22.2. The number of nitrogens with zero attached hydrogens (tertiary/aromatic N) is 7. The lowest BCUT2D eigenvalue weighted by molar-refractivity contribution is 0.250. The smallest absolute Gasteiger partial charge is 0.226 e. The minimum atomic E-state index is 0.530. The number of anilines is 2. The van der Waals surface area contributed by atoms with Crippen LogP contribution in [0, 0.1) is 0 Å². The second kappa shape index (κ2) is 11.6. The van der Waals surface area contributed by atoms with E-state index >= 15 is 0 Å². The van der Waals surface area contributed by atoms with E-state index in [1.807, 2.05) is 42.6 Å². The summed E-state index contributed by atoms with van der Waals surface area (Å²) in [5.74, 6) is 2.55. The van der Waals surface area contributed by atoms with E-state index < -0.39 is 0 Å². The number of para-hydroxylation sites is 1. The number of nitrogens with one attached hydrogen (secondary N) is 1. The molecule has 0 bridgehead atoms. The number of piperazine rings is 1. The Balaban J connectivity index is 1.24. The van der Waals surface area contributed by atoms with Gasteiger partial charge >= 0.3 is 0 Å². The SMILES string of the molecule is COc1ccc(CNc2ncc(CN3CCN(c4ccccc4)CC3)c3nc(-c4ccccn4)nn23)cc1OC. The van der Waals surface area contributed by atoms with E-state index in [-0.39, 0.29) is 0 Å². The maximum absolute atomic E-state index is 5.46. The number of hydrogen-bond acceptors (Lipinski definition) is 9. The number of fused-ring (bicyclic) bond motifs is 1. The zero-order valence-corrected chi connectivity index (χ0v) is 22.7. The molecular weight excluding hydrogens is 504 g/mol. The average molecular weight is 537 g/mol. The molecule has 0 aliphatic carbocycles. The van der Waals surface area contributed by atoms with Crippen LogP contribution in [-0.4, -0.2) is 69.9 Å². The Kier molecular flexibility index (Phi) is 7.41.